The lowest BCUT2D eigenvalue weighted by Crippen LogP contribution is -2.18. The molecule has 4 nitrogen and oxygen atoms in total. The van der Waals surface area contributed by atoms with E-state index in [-0.39, 0.29) is 18.5 Å². The van der Waals surface area contributed by atoms with Crippen molar-refractivity contribution in [2.45, 2.75) is 213 Å². The van der Waals surface area contributed by atoms with Crippen molar-refractivity contribution < 1.29 is 19.4 Å². The SMILES string of the molecule is CCCCCCCCCCCCCCCCC(=O)OC(CCCCCCCCCC)CCCCCCC(=O)O. The molecule has 0 radical (unpaired) electrons. The summed E-state index contributed by atoms with van der Waals surface area (Å²) in [5, 5.41) is 8.80. The first-order chi connectivity index (χ1) is 19.1. The van der Waals surface area contributed by atoms with Gasteiger partial charge in [-0.2, -0.15) is 0 Å². The number of carboxylic acids is 1. The number of esters is 1. The predicted molar refractivity (Wildman–Crippen MR) is 167 cm³/mol. The van der Waals surface area contributed by atoms with Gasteiger partial charge >= 0.3 is 11.9 Å². The van der Waals surface area contributed by atoms with Gasteiger partial charge < -0.3 is 9.84 Å². The molecule has 0 rings (SSSR count). The normalized spacial score (nSPS) is 12.1. The lowest BCUT2D eigenvalue weighted by Gasteiger charge is -2.18. The molecule has 0 bridgehead atoms. The van der Waals surface area contributed by atoms with Gasteiger partial charge in [0, 0.05) is 12.8 Å². The van der Waals surface area contributed by atoms with Crippen LogP contribution in [-0.2, 0) is 14.3 Å². The summed E-state index contributed by atoms with van der Waals surface area (Å²) < 4.78 is 5.94. The minimum atomic E-state index is -0.708. The third-order valence-electron chi connectivity index (χ3n) is 8.08. The Morgan fingerprint density at radius 1 is 0.462 bits per heavy atom. The van der Waals surface area contributed by atoms with Crippen LogP contribution in [0.5, 0.6) is 0 Å². The molecule has 4 heteroatoms. The quantitative estimate of drug-likeness (QED) is 0.0665. The Morgan fingerprint density at radius 3 is 1.13 bits per heavy atom. The smallest absolute Gasteiger partial charge is 0.306 e. The molecule has 0 aromatic rings. The van der Waals surface area contributed by atoms with Gasteiger partial charge in [0.05, 0.1) is 0 Å². The van der Waals surface area contributed by atoms with Crippen molar-refractivity contribution in [2.75, 3.05) is 0 Å². The van der Waals surface area contributed by atoms with Gasteiger partial charge in [0.25, 0.3) is 0 Å². The minimum Gasteiger partial charge on any atom is -0.481 e. The van der Waals surface area contributed by atoms with E-state index in [1.807, 2.05) is 0 Å². The standard InChI is InChI=1S/C35H68O4/c1-3-5-7-9-11-13-14-15-16-17-18-20-22-28-32-35(38)39-33(30-26-23-24-27-31-34(36)37)29-25-21-19-12-10-8-6-4-2/h33H,3-32H2,1-2H3,(H,36,37). The highest BCUT2D eigenvalue weighted by Gasteiger charge is 2.14. The van der Waals surface area contributed by atoms with Crippen LogP contribution in [0.4, 0.5) is 0 Å². The van der Waals surface area contributed by atoms with Crippen LogP contribution in [0.15, 0.2) is 0 Å². The first kappa shape index (κ1) is 37.9. The second-order valence-electron chi connectivity index (χ2n) is 12.1. The second kappa shape index (κ2) is 31.5. The Bertz CT molecular complexity index is 519. The van der Waals surface area contributed by atoms with Gasteiger partial charge in [-0.1, -0.05) is 155 Å². The molecule has 0 aromatic carbocycles. The van der Waals surface area contributed by atoms with E-state index in [1.54, 1.807) is 0 Å². The molecule has 0 saturated heterocycles. The summed E-state index contributed by atoms with van der Waals surface area (Å²) in [6.45, 7) is 4.53. The van der Waals surface area contributed by atoms with Gasteiger partial charge in [-0.3, -0.25) is 9.59 Å². The number of carboxylic acid groups (broad SMARTS) is 1. The van der Waals surface area contributed by atoms with Crippen molar-refractivity contribution >= 4 is 11.9 Å². The van der Waals surface area contributed by atoms with E-state index in [0.717, 1.165) is 57.8 Å². The van der Waals surface area contributed by atoms with Crippen molar-refractivity contribution in [3.63, 3.8) is 0 Å². The fourth-order valence-electron chi connectivity index (χ4n) is 5.48. The third kappa shape index (κ3) is 31.3. The molecule has 0 heterocycles. The molecule has 0 saturated carbocycles. The molecule has 232 valence electrons. The van der Waals surface area contributed by atoms with Crippen molar-refractivity contribution in [2.24, 2.45) is 0 Å². The van der Waals surface area contributed by atoms with Gasteiger partial charge in [-0.25, -0.2) is 0 Å². The summed E-state index contributed by atoms with van der Waals surface area (Å²) in [6.07, 6.45) is 35.4. The van der Waals surface area contributed by atoms with Gasteiger partial charge in [-0.15, -0.1) is 0 Å². The maximum Gasteiger partial charge on any atom is 0.306 e. The monoisotopic (exact) mass is 553 g/mol. The molecule has 39 heavy (non-hydrogen) atoms. The Labute approximate surface area is 243 Å². The Kier molecular flexibility index (Phi) is 30.6. The molecule has 0 amide bonds. The first-order valence-electron chi connectivity index (χ1n) is 17.5. The molecule has 1 unspecified atom stereocenters. The number of carbonyl (C=O) groups excluding carboxylic acids is 1. The Morgan fingerprint density at radius 2 is 0.769 bits per heavy atom. The number of carbonyl (C=O) groups is 2. The summed E-state index contributed by atoms with van der Waals surface area (Å²) in [5.74, 6) is -0.718. The molecule has 0 aliphatic carbocycles. The van der Waals surface area contributed by atoms with Crippen LogP contribution in [0.3, 0.4) is 0 Å². The molecular formula is C35H68O4. The Hall–Kier alpha value is -1.06. The van der Waals surface area contributed by atoms with E-state index in [1.165, 1.54) is 122 Å². The van der Waals surface area contributed by atoms with Crippen molar-refractivity contribution in [1.82, 2.24) is 0 Å². The molecule has 0 fully saturated rings. The van der Waals surface area contributed by atoms with Crippen LogP contribution >= 0.6 is 0 Å². The molecule has 1 N–H and O–H groups in total. The molecular weight excluding hydrogens is 484 g/mol. The zero-order chi connectivity index (χ0) is 28.7. The summed E-state index contributed by atoms with van der Waals surface area (Å²) in [5.41, 5.74) is 0. The zero-order valence-corrected chi connectivity index (χ0v) is 26.5. The lowest BCUT2D eigenvalue weighted by atomic mass is 10.0. The van der Waals surface area contributed by atoms with Gasteiger partial charge in [0.15, 0.2) is 0 Å². The number of ether oxygens (including phenoxy) is 1. The highest BCUT2D eigenvalue weighted by Crippen LogP contribution is 2.19. The predicted octanol–water partition coefficient (Wildman–Crippen LogP) is 11.7. The molecule has 0 aromatic heterocycles. The second-order valence-corrected chi connectivity index (χ2v) is 12.1. The minimum absolute atomic E-state index is 0.00983. The largest absolute Gasteiger partial charge is 0.481 e. The summed E-state index contributed by atoms with van der Waals surface area (Å²) in [6, 6.07) is 0. The lowest BCUT2D eigenvalue weighted by molar-refractivity contribution is -0.150. The van der Waals surface area contributed by atoms with Gasteiger partial charge in [0.1, 0.15) is 6.10 Å². The van der Waals surface area contributed by atoms with E-state index in [2.05, 4.69) is 13.8 Å². The van der Waals surface area contributed by atoms with Crippen molar-refractivity contribution in [3.05, 3.63) is 0 Å². The van der Waals surface area contributed by atoms with Crippen LogP contribution in [0.25, 0.3) is 0 Å². The average molecular weight is 553 g/mol. The third-order valence-corrected chi connectivity index (χ3v) is 8.08. The summed E-state index contributed by atoms with van der Waals surface area (Å²) in [7, 11) is 0. The average Bonchev–Trinajstić information content (AvgIpc) is 2.91. The fraction of sp³-hybridized carbons (Fsp3) is 0.943. The number of hydrogen-bond acceptors (Lipinski definition) is 3. The van der Waals surface area contributed by atoms with Gasteiger partial charge in [0.2, 0.25) is 0 Å². The zero-order valence-electron chi connectivity index (χ0n) is 26.5. The van der Waals surface area contributed by atoms with Crippen molar-refractivity contribution in [1.29, 1.82) is 0 Å². The topological polar surface area (TPSA) is 63.6 Å². The highest BCUT2D eigenvalue weighted by atomic mass is 16.5. The summed E-state index contributed by atoms with van der Waals surface area (Å²) >= 11 is 0. The Balaban J connectivity index is 3.91. The van der Waals surface area contributed by atoms with Crippen LogP contribution < -0.4 is 0 Å². The fourth-order valence-corrected chi connectivity index (χ4v) is 5.48. The van der Waals surface area contributed by atoms with E-state index in [9.17, 15) is 9.59 Å². The molecule has 0 aliphatic rings. The molecule has 0 aliphatic heterocycles. The number of unbranched alkanes of at least 4 members (excludes halogenated alkanes) is 23. The maximum atomic E-state index is 12.5. The van der Waals surface area contributed by atoms with Crippen LogP contribution in [-0.4, -0.2) is 23.1 Å². The van der Waals surface area contributed by atoms with Crippen LogP contribution in [0, 0.1) is 0 Å². The van der Waals surface area contributed by atoms with Crippen molar-refractivity contribution in [3.8, 4) is 0 Å². The van der Waals surface area contributed by atoms with E-state index in [4.69, 9.17) is 9.84 Å². The number of hydrogen-bond donors (Lipinski definition) is 1. The van der Waals surface area contributed by atoms with Crippen LogP contribution in [0.1, 0.15) is 206 Å². The van der Waals surface area contributed by atoms with E-state index >= 15 is 0 Å². The van der Waals surface area contributed by atoms with Gasteiger partial charge in [-0.05, 0) is 38.5 Å². The van der Waals surface area contributed by atoms with Crippen LogP contribution in [0.2, 0.25) is 0 Å². The summed E-state index contributed by atoms with van der Waals surface area (Å²) in [4.78, 5) is 23.2. The molecule has 0 spiro atoms. The number of rotatable bonds is 32. The first-order valence-corrected chi connectivity index (χ1v) is 17.5. The maximum absolute atomic E-state index is 12.5. The molecule has 1 atom stereocenters. The van der Waals surface area contributed by atoms with E-state index in [0.29, 0.717) is 6.42 Å². The number of aliphatic carboxylic acids is 1. The highest BCUT2D eigenvalue weighted by molar-refractivity contribution is 5.69. The van der Waals surface area contributed by atoms with E-state index < -0.39 is 5.97 Å².